The van der Waals surface area contributed by atoms with E-state index in [9.17, 15) is 4.79 Å². The molecule has 0 spiro atoms. The van der Waals surface area contributed by atoms with Gasteiger partial charge in [-0.3, -0.25) is 4.79 Å². The van der Waals surface area contributed by atoms with Gasteiger partial charge in [0.25, 0.3) is 0 Å². The summed E-state index contributed by atoms with van der Waals surface area (Å²) >= 11 is 6.01. The van der Waals surface area contributed by atoms with E-state index in [0.29, 0.717) is 18.1 Å². The second-order valence-electron chi connectivity index (χ2n) is 3.17. The average Bonchev–Trinajstić information content (AvgIpc) is 2.20. The highest BCUT2D eigenvalue weighted by molar-refractivity contribution is 6.33. The molecule has 1 N–H and O–H groups in total. The highest BCUT2D eigenvalue weighted by Gasteiger charge is 2.20. The van der Waals surface area contributed by atoms with Crippen molar-refractivity contribution in [3.8, 4) is 0 Å². The largest absolute Gasteiger partial charge is 0.309 e. The third kappa shape index (κ3) is 2.62. The third-order valence-corrected chi connectivity index (χ3v) is 2.55. The first-order chi connectivity index (χ1) is 6.79. The summed E-state index contributed by atoms with van der Waals surface area (Å²) in [5.41, 5.74) is 0.806. The highest BCUT2D eigenvalue weighted by Crippen LogP contribution is 2.25. The molecule has 5 heteroatoms. The van der Waals surface area contributed by atoms with Crippen molar-refractivity contribution in [2.75, 3.05) is 24.5 Å². The van der Waals surface area contributed by atoms with E-state index < -0.39 is 0 Å². The lowest BCUT2D eigenvalue weighted by Gasteiger charge is -2.28. The van der Waals surface area contributed by atoms with Crippen LogP contribution in [0.1, 0.15) is 0 Å². The zero-order valence-corrected chi connectivity index (χ0v) is 9.64. The minimum Gasteiger partial charge on any atom is -0.309 e. The number of anilines is 1. The molecule has 2 rings (SSSR count). The molecule has 0 bridgehead atoms. The Morgan fingerprint density at radius 3 is 2.73 bits per heavy atom. The number of nitrogens with one attached hydrogen (secondary N) is 1. The van der Waals surface area contributed by atoms with Crippen LogP contribution in [0.15, 0.2) is 24.3 Å². The van der Waals surface area contributed by atoms with E-state index in [1.54, 1.807) is 11.0 Å². The Morgan fingerprint density at radius 1 is 1.33 bits per heavy atom. The summed E-state index contributed by atoms with van der Waals surface area (Å²) in [6.07, 6.45) is 0. The molecular formula is C10H12Cl2N2O. The standard InChI is InChI=1S/C10H11ClN2O.ClH/c11-8-3-1-2-4-9(8)13-6-5-12-7-10(13)14;/h1-4,12H,5-7H2;1H. The number of carbonyl (C=O) groups is 1. The number of carbonyl (C=O) groups excluding carboxylic acids is 1. The lowest BCUT2D eigenvalue weighted by Crippen LogP contribution is -2.48. The Kier molecular flexibility index (Phi) is 4.39. The lowest BCUT2D eigenvalue weighted by molar-refractivity contribution is -0.118. The van der Waals surface area contributed by atoms with Gasteiger partial charge in [0, 0.05) is 13.1 Å². The van der Waals surface area contributed by atoms with Crippen molar-refractivity contribution in [3.05, 3.63) is 29.3 Å². The first-order valence-electron chi connectivity index (χ1n) is 4.54. The minimum absolute atomic E-state index is 0. The third-order valence-electron chi connectivity index (χ3n) is 2.23. The van der Waals surface area contributed by atoms with Crippen LogP contribution < -0.4 is 10.2 Å². The smallest absolute Gasteiger partial charge is 0.241 e. The Bertz CT molecular complexity index is 357. The lowest BCUT2D eigenvalue weighted by atomic mass is 10.2. The number of benzene rings is 1. The molecule has 1 fully saturated rings. The Labute approximate surface area is 99.8 Å². The predicted molar refractivity (Wildman–Crippen MR) is 63.9 cm³/mol. The average molecular weight is 247 g/mol. The van der Waals surface area contributed by atoms with Crippen LogP contribution in [0.25, 0.3) is 0 Å². The molecule has 1 aliphatic heterocycles. The minimum atomic E-state index is 0. The van der Waals surface area contributed by atoms with Crippen LogP contribution in [0, 0.1) is 0 Å². The molecule has 1 saturated heterocycles. The fourth-order valence-corrected chi connectivity index (χ4v) is 1.77. The van der Waals surface area contributed by atoms with Crippen LogP contribution in [0.3, 0.4) is 0 Å². The molecule has 15 heavy (non-hydrogen) atoms. The number of halogens is 2. The van der Waals surface area contributed by atoms with Crippen molar-refractivity contribution < 1.29 is 4.79 Å². The van der Waals surface area contributed by atoms with E-state index in [4.69, 9.17) is 11.6 Å². The molecule has 3 nitrogen and oxygen atoms in total. The molecule has 0 saturated carbocycles. The molecule has 0 aromatic heterocycles. The van der Waals surface area contributed by atoms with Gasteiger partial charge in [-0.1, -0.05) is 23.7 Å². The maximum Gasteiger partial charge on any atom is 0.241 e. The summed E-state index contributed by atoms with van der Waals surface area (Å²) < 4.78 is 0. The van der Waals surface area contributed by atoms with E-state index in [0.717, 1.165) is 12.2 Å². The quantitative estimate of drug-likeness (QED) is 0.819. The van der Waals surface area contributed by atoms with Crippen molar-refractivity contribution in [1.29, 1.82) is 0 Å². The molecule has 1 aliphatic rings. The van der Waals surface area contributed by atoms with Crippen LogP contribution in [0.4, 0.5) is 5.69 Å². The fraction of sp³-hybridized carbons (Fsp3) is 0.300. The van der Waals surface area contributed by atoms with Crippen LogP contribution in [-0.2, 0) is 4.79 Å². The van der Waals surface area contributed by atoms with Gasteiger partial charge in [0.15, 0.2) is 0 Å². The summed E-state index contributed by atoms with van der Waals surface area (Å²) in [5.74, 6) is 0.0735. The molecule has 1 aromatic carbocycles. The number of nitrogens with zero attached hydrogens (tertiary/aromatic N) is 1. The van der Waals surface area contributed by atoms with E-state index in [2.05, 4.69) is 5.32 Å². The Morgan fingerprint density at radius 2 is 2.07 bits per heavy atom. The van der Waals surface area contributed by atoms with Crippen LogP contribution >= 0.6 is 24.0 Å². The van der Waals surface area contributed by atoms with Crippen molar-refractivity contribution in [2.24, 2.45) is 0 Å². The van der Waals surface area contributed by atoms with Crippen molar-refractivity contribution in [2.45, 2.75) is 0 Å². The maximum absolute atomic E-state index is 11.6. The summed E-state index contributed by atoms with van der Waals surface area (Å²) in [4.78, 5) is 13.3. The van der Waals surface area contributed by atoms with E-state index in [-0.39, 0.29) is 18.3 Å². The topological polar surface area (TPSA) is 32.3 Å². The molecule has 1 heterocycles. The van der Waals surface area contributed by atoms with Gasteiger partial charge in [-0.05, 0) is 12.1 Å². The van der Waals surface area contributed by atoms with Crippen LogP contribution in [-0.4, -0.2) is 25.5 Å². The first kappa shape index (κ1) is 12.3. The maximum atomic E-state index is 11.6. The molecule has 82 valence electrons. The number of hydrogen-bond donors (Lipinski definition) is 1. The van der Waals surface area contributed by atoms with Gasteiger partial charge in [0.05, 0.1) is 17.3 Å². The summed E-state index contributed by atoms with van der Waals surface area (Å²) in [7, 11) is 0. The second kappa shape index (κ2) is 5.35. The summed E-state index contributed by atoms with van der Waals surface area (Å²) in [6.45, 7) is 1.89. The molecule has 0 unspecified atom stereocenters. The zero-order chi connectivity index (χ0) is 9.97. The normalized spacial score (nSPS) is 16.1. The summed E-state index contributed by atoms with van der Waals surface area (Å²) in [5, 5.41) is 3.65. The SMILES string of the molecule is Cl.O=C1CNCCN1c1ccccc1Cl. The number of para-hydroxylation sites is 1. The molecule has 0 aliphatic carbocycles. The van der Waals surface area contributed by atoms with Gasteiger partial charge in [-0.25, -0.2) is 0 Å². The second-order valence-corrected chi connectivity index (χ2v) is 3.58. The molecule has 0 radical (unpaired) electrons. The zero-order valence-electron chi connectivity index (χ0n) is 8.07. The van der Waals surface area contributed by atoms with Gasteiger partial charge in [-0.15, -0.1) is 12.4 Å². The monoisotopic (exact) mass is 246 g/mol. The van der Waals surface area contributed by atoms with Crippen molar-refractivity contribution in [3.63, 3.8) is 0 Å². The first-order valence-corrected chi connectivity index (χ1v) is 4.92. The molecular weight excluding hydrogens is 235 g/mol. The summed E-state index contributed by atoms with van der Waals surface area (Å²) in [6, 6.07) is 7.41. The number of piperazine rings is 1. The number of amides is 1. The Balaban J connectivity index is 0.00000112. The van der Waals surface area contributed by atoms with E-state index in [1.807, 2.05) is 18.2 Å². The molecule has 1 amide bonds. The van der Waals surface area contributed by atoms with Crippen molar-refractivity contribution >= 4 is 35.6 Å². The Hall–Kier alpha value is -0.770. The highest BCUT2D eigenvalue weighted by atomic mass is 35.5. The van der Waals surface area contributed by atoms with Crippen LogP contribution in [0.2, 0.25) is 5.02 Å². The van der Waals surface area contributed by atoms with Gasteiger partial charge in [-0.2, -0.15) is 0 Å². The van der Waals surface area contributed by atoms with E-state index in [1.165, 1.54) is 0 Å². The van der Waals surface area contributed by atoms with Crippen molar-refractivity contribution in [1.82, 2.24) is 5.32 Å². The predicted octanol–water partition coefficient (Wildman–Crippen LogP) is 1.70. The van der Waals surface area contributed by atoms with Gasteiger partial charge < -0.3 is 10.2 Å². The van der Waals surface area contributed by atoms with Gasteiger partial charge in [0.2, 0.25) is 5.91 Å². The van der Waals surface area contributed by atoms with Gasteiger partial charge >= 0.3 is 0 Å². The molecule has 1 aromatic rings. The van der Waals surface area contributed by atoms with E-state index >= 15 is 0 Å². The van der Waals surface area contributed by atoms with Gasteiger partial charge in [0.1, 0.15) is 0 Å². The van der Waals surface area contributed by atoms with Crippen LogP contribution in [0.5, 0.6) is 0 Å². The number of hydrogen-bond acceptors (Lipinski definition) is 2. The fourth-order valence-electron chi connectivity index (χ4n) is 1.53. The molecule has 0 atom stereocenters. The number of rotatable bonds is 1.